The largest absolute Gasteiger partial charge is 0.572 e. The molecule has 0 bridgehead atoms. The standard InChI is InChI=1S/C40H42N2O2/c1-27-21-31(5)38-33(22-27)25-41(6,35-19-12-9-13-20-35)40(43-38)42(7,37-29(3)15-14-16-30(37)4)26-34-23-28(2)24-36(39(34)44-40)32-17-10-8-11-18-32/h8-24H,25-26H2,1-7H3/q+2/t40?,41?,42-/m1/s1. The number of fused-ring (bicyclic) bond motifs is 2. The van der Waals surface area contributed by atoms with E-state index in [4.69, 9.17) is 9.47 Å². The highest BCUT2D eigenvalue weighted by atomic mass is 16.8. The second-order valence-electron chi connectivity index (χ2n) is 13.3. The minimum absolute atomic E-state index is 0.412. The van der Waals surface area contributed by atoms with Gasteiger partial charge in [-0.15, -0.1) is 0 Å². The van der Waals surface area contributed by atoms with Crippen molar-refractivity contribution in [3.8, 4) is 22.6 Å². The summed E-state index contributed by atoms with van der Waals surface area (Å²) in [7, 11) is 4.61. The van der Waals surface area contributed by atoms with Crippen molar-refractivity contribution in [2.24, 2.45) is 0 Å². The first-order valence-electron chi connectivity index (χ1n) is 15.6. The molecule has 0 saturated heterocycles. The Morgan fingerprint density at radius 3 is 1.75 bits per heavy atom. The zero-order valence-corrected chi connectivity index (χ0v) is 26.9. The van der Waals surface area contributed by atoms with Crippen LogP contribution in [0.1, 0.15) is 38.9 Å². The van der Waals surface area contributed by atoms with Crippen LogP contribution in [-0.2, 0) is 13.1 Å². The number of nitrogens with zero attached hydrogens (tertiary/aromatic N) is 2. The van der Waals surface area contributed by atoms with Crippen LogP contribution in [0.5, 0.6) is 11.5 Å². The van der Waals surface area contributed by atoms with E-state index in [-0.39, 0.29) is 0 Å². The van der Waals surface area contributed by atoms with Gasteiger partial charge in [0, 0.05) is 16.7 Å². The first kappa shape index (κ1) is 28.4. The van der Waals surface area contributed by atoms with Crippen molar-refractivity contribution in [2.75, 3.05) is 14.1 Å². The van der Waals surface area contributed by atoms with E-state index in [0.29, 0.717) is 15.5 Å². The molecule has 0 saturated carbocycles. The zero-order valence-electron chi connectivity index (χ0n) is 26.9. The highest BCUT2D eigenvalue weighted by molar-refractivity contribution is 5.75. The molecular formula is C40H42N2O2+2. The Morgan fingerprint density at radius 1 is 0.545 bits per heavy atom. The van der Waals surface area contributed by atoms with Crippen LogP contribution in [0.4, 0.5) is 11.4 Å². The van der Waals surface area contributed by atoms with Crippen LogP contribution in [0.3, 0.4) is 0 Å². The fourth-order valence-corrected chi connectivity index (χ4v) is 8.10. The van der Waals surface area contributed by atoms with Crippen LogP contribution in [0, 0.1) is 34.6 Å². The van der Waals surface area contributed by atoms with Gasteiger partial charge >= 0.3 is 6.03 Å². The molecule has 2 heterocycles. The third kappa shape index (κ3) is 4.05. The van der Waals surface area contributed by atoms with Gasteiger partial charge in [-0.2, -0.15) is 8.97 Å². The maximum atomic E-state index is 7.72. The molecule has 0 aliphatic carbocycles. The van der Waals surface area contributed by atoms with Crippen LogP contribution in [0.15, 0.2) is 103 Å². The molecule has 2 aliphatic heterocycles. The van der Waals surface area contributed by atoms with Gasteiger partial charge in [-0.3, -0.25) is 0 Å². The number of aryl methyl sites for hydroxylation is 5. The highest BCUT2D eigenvalue weighted by Crippen LogP contribution is 2.55. The summed E-state index contributed by atoms with van der Waals surface area (Å²) < 4.78 is 16.1. The SMILES string of the molecule is Cc1cc(C)c2c(c1)C[N+](C)(c1ccccc1)C1(O2)Oc2c(cc(C)cc2-c2ccccc2)C[N@+]1(C)c1c(C)cccc1C. The molecular weight excluding hydrogens is 540 g/mol. The third-order valence-electron chi connectivity index (χ3n) is 9.84. The Kier molecular flexibility index (Phi) is 6.51. The van der Waals surface area contributed by atoms with E-state index >= 15 is 0 Å². The van der Waals surface area contributed by atoms with Crippen molar-refractivity contribution in [1.29, 1.82) is 0 Å². The molecule has 5 aromatic rings. The minimum Gasteiger partial charge on any atom is -0.357 e. The monoisotopic (exact) mass is 582 g/mol. The van der Waals surface area contributed by atoms with Crippen LogP contribution in [0.25, 0.3) is 11.1 Å². The highest BCUT2D eigenvalue weighted by Gasteiger charge is 2.75. The summed E-state index contributed by atoms with van der Waals surface area (Å²) in [6, 6.07) is 35.9. The van der Waals surface area contributed by atoms with Gasteiger partial charge in [-0.1, -0.05) is 78.4 Å². The van der Waals surface area contributed by atoms with E-state index in [1.165, 1.54) is 39.1 Å². The smallest absolute Gasteiger partial charge is 0.357 e. The number of rotatable bonds is 3. The van der Waals surface area contributed by atoms with E-state index in [2.05, 4.69) is 152 Å². The van der Waals surface area contributed by atoms with E-state index in [0.717, 1.165) is 40.4 Å². The quantitative estimate of drug-likeness (QED) is 0.197. The summed E-state index contributed by atoms with van der Waals surface area (Å²) in [4.78, 5) is 0. The van der Waals surface area contributed by atoms with Gasteiger partial charge in [0.05, 0.1) is 25.2 Å². The van der Waals surface area contributed by atoms with Crippen molar-refractivity contribution in [3.63, 3.8) is 0 Å². The second kappa shape index (κ2) is 10.1. The number of ether oxygens (including phenoxy) is 2. The average Bonchev–Trinajstić information content (AvgIpc) is 2.99. The Labute approximate surface area is 261 Å². The average molecular weight is 583 g/mol. The molecule has 1 spiro atoms. The van der Waals surface area contributed by atoms with Crippen LogP contribution in [0.2, 0.25) is 0 Å². The molecule has 0 amide bonds. The van der Waals surface area contributed by atoms with E-state index in [9.17, 15) is 0 Å². The molecule has 2 unspecified atom stereocenters. The van der Waals surface area contributed by atoms with Gasteiger partial charge in [0.15, 0.2) is 11.4 Å². The van der Waals surface area contributed by atoms with Gasteiger partial charge in [0.2, 0.25) is 0 Å². The molecule has 2 aliphatic rings. The predicted molar refractivity (Wildman–Crippen MR) is 182 cm³/mol. The van der Waals surface area contributed by atoms with Gasteiger partial charge in [0.25, 0.3) is 0 Å². The van der Waals surface area contributed by atoms with Crippen LogP contribution < -0.4 is 18.4 Å². The second-order valence-corrected chi connectivity index (χ2v) is 13.3. The number of para-hydroxylation sites is 2. The van der Waals surface area contributed by atoms with Gasteiger partial charge in [-0.05, 0) is 81.6 Å². The Morgan fingerprint density at radius 2 is 1.09 bits per heavy atom. The number of hydrogen-bond acceptors (Lipinski definition) is 2. The normalized spacial score (nSPS) is 23.8. The molecule has 222 valence electrons. The van der Waals surface area contributed by atoms with Crippen molar-refractivity contribution < 1.29 is 9.47 Å². The molecule has 0 radical (unpaired) electrons. The molecule has 0 fully saturated rings. The van der Waals surface area contributed by atoms with Gasteiger partial charge in [-0.25, -0.2) is 0 Å². The third-order valence-corrected chi connectivity index (χ3v) is 9.84. The molecule has 5 aromatic carbocycles. The molecule has 7 rings (SSSR count). The van der Waals surface area contributed by atoms with E-state index in [1.807, 2.05) is 0 Å². The first-order valence-corrected chi connectivity index (χ1v) is 15.6. The van der Waals surface area contributed by atoms with Gasteiger partial charge in [0.1, 0.15) is 24.5 Å². The summed E-state index contributed by atoms with van der Waals surface area (Å²) in [5, 5.41) is 0. The van der Waals surface area contributed by atoms with Crippen LogP contribution in [-0.4, -0.2) is 20.1 Å². The molecule has 4 nitrogen and oxygen atoms in total. The fourth-order valence-electron chi connectivity index (χ4n) is 8.10. The van der Waals surface area contributed by atoms with E-state index in [1.54, 1.807) is 0 Å². The maximum absolute atomic E-state index is 7.72. The molecule has 44 heavy (non-hydrogen) atoms. The molecule has 3 atom stereocenters. The summed E-state index contributed by atoms with van der Waals surface area (Å²) in [5.41, 5.74) is 13.1. The summed E-state index contributed by atoms with van der Waals surface area (Å²) >= 11 is 0. The van der Waals surface area contributed by atoms with Crippen molar-refractivity contribution >= 4 is 11.4 Å². The fraction of sp³-hybridized carbons (Fsp3) is 0.250. The zero-order chi connectivity index (χ0) is 30.9. The summed E-state index contributed by atoms with van der Waals surface area (Å²) in [5.74, 6) is 1.83. The molecule has 0 aromatic heterocycles. The lowest BCUT2D eigenvalue weighted by Gasteiger charge is -2.58. The van der Waals surface area contributed by atoms with Crippen molar-refractivity contribution in [3.05, 3.63) is 142 Å². The Hall–Kier alpha value is -4.38. The van der Waals surface area contributed by atoms with Crippen molar-refractivity contribution in [2.45, 2.75) is 53.7 Å². The predicted octanol–water partition coefficient (Wildman–Crippen LogP) is 9.27. The van der Waals surface area contributed by atoms with Gasteiger partial charge < -0.3 is 9.47 Å². The molecule has 0 N–H and O–H groups in total. The number of hydrogen-bond donors (Lipinski definition) is 0. The maximum Gasteiger partial charge on any atom is 0.572 e. The summed E-state index contributed by atoms with van der Waals surface area (Å²) in [6.45, 7) is 12.4. The Bertz CT molecular complexity index is 1880. The summed E-state index contributed by atoms with van der Waals surface area (Å²) in [6.07, 6.45) is 0. The van der Waals surface area contributed by atoms with E-state index < -0.39 is 6.03 Å². The number of benzene rings is 5. The lowest BCUT2D eigenvalue weighted by molar-refractivity contribution is -0.310. The number of quaternary nitrogens is 2. The lowest BCUT2D eigenvalue weighted by atomic mass is 9.94. The van der Waals surface area contributed by atoms with Crippen LogP contribution >= 0.6 is 0 Å². The minimum atomic E-state index is -1.18. The molecule has 4 heteroatoms. The lowest BCUT2D eigenvalue weighted by Crippen LogP contribution is -2.86. The first-order chi connectivity index (χ1) is 21.1. The Balaban J connectivity index is 1.61. The topological polar surface area (TPSA) is 18.5 Å². The van der Waals surface area contributed by atoms with Crippen molar-refractivity contribution in [1.82, 2.24) is 8.97 Å².